The molecule has 26 heavy (non-hydrogen) atoms. The van der Waals surface area contributed by atoms with Crippen molar-refractivity contribution in [3.8, 4) is 0 Å². The summed E-state index contributed by atoms with van der Waals surface area (Å²) >= 11 is 0. The Morgan fingerprint density at radius 3 is 2.42 bits per heavy atom. The lowest BCUT2D eigenvalue weighted by Crippen LogP contribution is -2.44. The Balaban J connectivity index is 0.00000121. The summed E-state index contributed by atoms with van der Waals surface area (Å²) in [6.45, 7) is 4.81. The van der Waals surface area contributed by atoms with Crippen molar-refractivity contribution in [1.82, 2.24) is 19.8 Å². The van der Waals surface area contributed by atoms with Gasteiger partial charge in [0, 0.05) is 44.1 Å². The van der Waals surface area contributed by atoms with Crippen molar-refractivity contribution in [3.05, 3.63) is 54.1 Å². The van der Waals surface area contributed by atoms with Crippen LogP contribution in [0.1, 0.15) is 35.2 Å². The third kappa shape index (κ3) is 4.40. The van der Waals surface area contributed by atoms with Crippen LogP contribution in [-0.4, -0.2) is 46.5 Å². The van der Waals surface area contributed by atoms with Gasteiger partial charge < -0.3 is 14.8 Å². The predicted octanol–water partition coefficient (Wildman–Crippen LogP) is 2.99. The van der Waals surface area contributed by atoms with Crippen LogP contribution in [0.2, 0.25) is 0 Å². The quantitative estimate of drug-likeness (QED) is 0.867. The van der Waals surface area contributed by atoms with E-state index in [0.29, 0.717) is 5.41 Å². The Labute approximate surface area is 167 Å². The van der Waals surface area contributed by atoms with E-state index in [1.165, 1.54) is 12.0 Å². The summed E-state index contributed by atoms with van der Waals surface area (Å²) in [4.78, 5) is 18.8. The molecule has 0 bridgehead atoms. The highest BCUT2D eigenvalue weighted by Crippen LogP contribution is 2.37. The van der Waals surface area contributed by atoms with Crippen LogP contribution in [0.4, 0.5) is 0 Å². The van der Waals surface area contributed by atoms with Gasteiger partial charge in [0.1, 0.15) is 0 Å². The van der Waals surface area contributed by atoms with Gasteiger partial charge in [0.25, 0.3) is 5.91 Å². The Morgan fingerprint density at radius 2 is 1.85 bits per heavy atom. The van der Waals surface area contributed by atoms with Gasteiger partial charge in [0.15, 0.2) is 0 Å². The number of benzene rings is 1. The van der Waals surface area contributed by atoms with Gasteiger partial charge in [-0.1, -0.05) is 12.1 Å². The van der Waals surface area contributed by atoms with Crippen LogP contribution in [0.3, 0.4) is 0 Å². The fourth-order valence-electron chi connectivity index (χ4n) is 3.93. The van der Waals surface area contributed by atoms with Gasteiger partial charge in [-0.25, -0.2) is 4.98 Å². The molecule has 1 spiro atoms. The highest BCUT2D eigenvalue weighted by atomic mass is 35.5. The molecule has 1 N–H and O–H groups in total. The second-order valence-corrected chi connectivity index (χ2v) is 7.15. The molecule has 2 aliphatic heterocycles. The van der Waals surface area contributed by atoms with Crippen LogP contribution in [-0.2, 0) is 6.54 Å². The molecule has 1 aromatic carbocycles. The van der Waals surface area contributed by atoms with Gasteiger partial charge in [-0.3, -0.25) is 4.79 Å². The molecular formula is C19H26Cl2N4O. The molecule has 2 fully saturated rings. The third-order valence-corrected chi connectivity index (χ3v) is 5.57. The second-order valence-electron chi connectivity index (χ2n) is 7.15. The van der Waals surface area contributed by atoms with Crippen molar-refractivity contribution in [2.75, 3.05) is 26.2 Å². The first-order valence-corrected chi connectivity index (χ1v) is 8.79. The number of hydrogen-bond acceptors (Lipinski definition) is 3. The molecule has 4 rings (SSSR count). The molecule has 2 saturated heterocycles. The molecule has 5 nitrogen and oxygen atoms in total. The van der Waals surface area contributed by atoms with Crippen LogP contribution >= 0.6 is 24.8 Å². The number of halogens is 2. The lowest BCUT2D eigenvalue weighted by molar-refractivity contribution is 0.0607. The fourth-order valence-corrected chi connectivity index (χ4v) is 3.93. The number of likely N-dealkylation sites (tertiary alicyclic amines) is 1. The lowest BCUT2D eigenvalue weighted by Gasteiger charge is -2.38. The van der Waals surface area contributed by atoms with Gasteiger partial charge in [0.2, 0.25) is 0 Å². The molecule has 1 aromatic heterocycles. The number of rotatable bonds is 3. The zero-order valence-corrected chi connectivity index (χ0v) is 16.4. The Morgan fingerprint density at radius 1 is 1.12 bits per heavy atom. The van der Waals surface area contributed by atoms with Crippen molar-refractivity contribution in [2.24, 2.45) is 5.41 Å². The number of carbonyl (C=O) groups excluding carboxylic acids is 1. The van der Waals surface area contributed by atoms with Crippen molar-refractivity contribution in [3.63, 3.8) is 0 Å². The topological polar surface area (TPSA) is 50.2 Å². The molecule has 0 saturated carbocycles. The molecule has 0 aliphatic carbocycles. The minimum Gasteiger partial charge on any atom is -0.339 e. The Kier molecular flexibility index (Phi) is 7.09. The van der Waals surface area contributed by atoms with Crippen molar-refractivity contribution in [1.29, 1.82) is 0 Å². The zero-order chi connectivity index (χ0) is 16.4. The van der Waals surface area contributed by atoms with Crippen LogP contribution in [0.5, 0.6) is 0 Å². The largest absolute Gasteiger partial charge is 0.339 e. The van der Waals surface area contributed by atoms with E-state index in [2.05, 4.69) is 10.3 Å². The van der Waals surface area contributed by atoms with E-state index in [9.17, 15) is 4.79 Å². The van der Waals surface area contributed by atoms with Crippen molar-refractivity contribution >= 4 is 30.7 Å². The molecule has 7 heteroatoms. The molecule has 2 aromatic rings. The van der Waals surface area contributed by atoms with Gasteiger partial charge >= 0.3 is 0 Å². The average Bonchev–Trinajstić information content (AvgIpc) is 3.28. The Bertz CT molecular complexity index is 687. The molecule has 1 amide bonds. The number of nitrogens with one attached hydrogen (secondary N) is 1. The number of aromatic nitrogens is 2. The smallest absolute Gasteiger partial charge is 0.253 e. The van der Waals surface area contributed by atoms with E-state index >= 15 is 0 Å². The lowest BCUT2D eigenvalue weighted by atomic mass is 9.78. The predicted molar refractivity (Wildman–Crippen MR) is 107 cm³/mol. The molecule has 3 heterocycles. The number of amides is 1. The summed E-state index contributed by atoms with van der Waals surface area (Å²) in [5.41, 5.74) is 2.43. The number of carbonyl (C=O) groups is 1. The van der Waals surface area contributed by atoms with E-state index < -0.39 is 0 Å². The Hall–Kier alpha value is -1.56. The maximum absolute atomic E-state index is 12.7. The van der Waals surface area contributed by atoms with Crippen molar-refractivity contribution < 1.29 is 4.79 Å². The standard InChI is InChI=1S/C19H24N4O.2ClH/c24-18(23-10-6-19(7-11-23)5-8-20-14-19)17-3-1-16(2-4-17)13-22-12-9-21-15-22;;/h1-4,9,12,15,20H,5-8,10-11,13-14H2;2*1H. The number of nitrogens with zero attached hydrogens (tertiary/aromatic N) is 3. The van der Waals surface area contributed by atoms with Gasteiger partial charge in [-0.05, 0) is 48.9 Å². The summed E-state index contributed by atoms with van der Waals surface area (Å²) in [6.07, 6.45) is 9.05. The van der Waals surface area contributed by atoms with Gasteiger partial charge in [-0.15, -0.1) is 24.8 Å². The van der Waals surface area contributed by atoms with E-state index in [1.807, 2.05) is 39.9 Å². The number of imidazole rings is 1. The minimum atomic E-state index is 0. The summed E-state index contributed by atoms with van der Waals surface area (Å²) in [5, 5.41) is 3.47. The maximum atomic E-state index is 12.7. The van der Waals surface area contributed by atoms with Gasteiger partial charge in [0.05, 0.1) is 6.33 Å². The summed E-state index contributed by atoms with van der Waals surface area (Å²) in [5.74, 6) is 0.171. The second kappa shape index (κ2) is 8.89. The van der Waals surface area contributed by atoms with Crippen molar-refractivity contribution in [2.45, 2.75) is 25.8 Å². The number of hydrogen-bond donors (Lipinski definition) is 1. The first-order valence-electron chi connectivity index (χ1n) is 8.79. The molecule has 0 atom stereocenters. The minimum absolute atomic E-state index is 0. The summed E-state index contributed by atoms with van der Waals surface area (Å²) < 4.78 is 2.02. The SMILES string of the molecule is Cl.Cl.O=C(c1ccc(Cn2ccnc2)cc1)N1CCC2(CCNC2)CC1. The van der Waals surface area contributed by atoms with E-state index in [0.717, 1.165) is 51.1 Å². The summed E-state index contributed by atoms with van der Waals surface area (Å²) in [7, 11) is 0. The van der Waals surface area contributed by atoms with Crippen LogP contribution in [0, 0.1) is 5.41 Å². The maximum Gasteiger partial charge on any atom is 0.253 e. The first kappa shape index (κ1) is 20.7. The highest BCUT2D eigenvalue weighted by molar-refractivity contribution is 5.94. The molecule has 2 aliphatic rings. The zero-order valence-electron chi connectivity index (χ0n) is 14.8. The molecule has 142 valence electrons. The van der Waals surface area contributed by atoms with E-state index in [4.69, 9.17) is 0 Å². The number of piperidine rings is 1. The van der Waals surface area contributed by atoms with E-state index in [1.54, 1.807) is 12.5 Å². The molecule has 0 radical (unpaired) electrons. The highest BCUT2D eigenvalue weighted by Gasteiger charge is 2.38. The first-order chi connectivity index (χ1) is 11.7. The molecule has 0 unspecified atom stereocenters. The normalized spacial score (nSPS) is 18.2. The average molecular weight is 397 g/mol. The third-order valence-electron chi connectivity index (χ3n) is 5.57. The summed E-state index contributed by atoms with van der Waals surface area (Å²) in [6, 6.07) is 7.99. The monoisotopic (exact) mass is 396 g/mol. The molecular weight excluding hydrogens is 371 g/mol. The fraction of sp³-hybridized carbons (Fsp3) is 0.474. The van der Waals surface area contributed by atoms with Crippen LogP contribution in [0.25, 0.3) is 0 Å². The van der Waals surface area contributed by atoms with Gasteiger partial charge in [-0.2, -0.15) is 0 Å². The van der Waals surface area contributed by atoms with E-state index in [-0.39, 0.29) is 30.7 Å². The van der Waals surface area contributed by atoms with Crippen LogP contribution < -0.4 is 5.32 Å². The van der Waals surface area contributed by atoms with Crippen LogP contribution in [0.15, 0.2) is 43.0 Å².